The van der Waals surface area contributed by atoms with Gasteiger partial charge in [0.1, 0.15) is 5.75 Å². The molecule has 2 aromatic rings. The Kier molecular flexibility index (Phi) is 3.61. The van der Waals surface area contributed by atoms with E-state index in [1.807, 2.05) is 48.5 Å². The van der Waals surface area contributed by atoms with Gasteiger partial charge in [0.25, 0.3) is 0 Å². The lowest BCUT2D eigenvalue weighted by atomic mass is 9.71. The largest absolute Gasteiger partial charge is 0.497 e. The number of nitrogens with zero attached hydrogens (tertiary/aromatic N) is 1. The number of hydrogen-bond acceptors (Lipinski definition) is 4. The van der Waals surface area contributed by atoms with Gasteiger partial charge < -0.3 is 4.74 Å². The van der Waals surface area contributed by atoms with Gasteiger partial charge in [-0.3, -0.25) is 14.6 Å². The quantitative estimate of drug-likeness (QED) is 0.813. The normalized spacial score (nSPS) is 23.5. The molecule has 27 heavy (non-hydrogen) atoms. The summed E-state index contributed by atoms with van der Waals surface area (Å²) in [6.45, 7) is 0. The van der Waals surface area contributed by atoms with Crippen LogP contribution in [0.1, 0.15) is 46.7 Å². The highest BCUT2D eigenvalue weighted by atomic mass is 16.5. The highest BCUT2D eigenvalue weighted by Crippen LogP contribution is 2.48. The van der Waals surface area contributed by atoms with Crippen molar-refractivity contribution < 1.29 is 14.3 Å². The van der Waals surface area contributed by atoms with Crippen molar-refractivity contribution in [1.82, 2.24) is 0 Å². The molecular formula is C23H19NO3. The number of aliphatic imine (C=N–C) groups is 1. The second kappa shape index (κ2) is 6.02. The van der Waals surface area contributed by atoms with Crippen molar-refractivity contribution in [2.45, 2.75) is 25.2 Å². The van der Waals surface area contributed by atoms with Crippen molar-refractivity contribution >= 4 is 17.3 Å². The maximum Gasteiger partial charge on any atom is 0.173 e. The molecule has 134 valence electrons. The number of Topliss-reactive ketones (excluding diaryl/α,β-unsaturated/α-hetero) is 2. The lowest BCUT2D eigenvalue weighted by Gasteiger charge is -2.33. The molecule has 0 amide bonds. The summed E-state index contributed by atoms with van der Waals surface area (Å²) < 4.78 is 5.27. The van der Waals surface area contributed by atoms with Gasteiger partial charge in [0.15, 0.2) is 11.6 Å². The van der Waals surface area contributed by atoms with Crippen molar-refractivity contribution in [3.63, 3.8) is 0 Å². The summed E-state index contributed by atoms with van der Waals surface area (Å²) in [7, 11) is 1.63. The van der Waals surface area contributed by atoms with Crippen LogP contribution in [0, 0.1) is 5.92 Å². The fraction of sp³-hybridized carbons (Fsp3) is 0.261. The Morgan fingerprint density at radius 1 is 0.926 bits per heavy atom. The average molecular weight is 357 g/mol. The third kappa shape index (κ3) is 2.33. The first-order valence-electron chi connectivity index (χ1n) is 9.31. The molecule has 1 heterocycles. The predicted octanol–water partition coefficient (Wildman–Crippen LogP) is 4.10. The summed E-state index contributed by atoms with van der Waals surface area (Å²) in [5.74, 6) is 0.259. The Morgan fingerprint density at radius 2 is 1.67 bits per heavy atom. The molecule has 0 aromatic heterocycles. The Hall–Kier alpha value is -3.01. The van der Waals surface area contributed by atoms with Crippen LogP contribution in [0.3, 0.4) is 0 Å². The third-order valence-electron chi connectivity index (χ3n) is 5.85. The highest BCUT2D eigenvalue weighted by Gasteiger charge is 2.48. The van der Waals surface area contributed by atoms with E-state index in [4.69, 9.17) is 9.73 Å². The number of ketones is 2. The number of methoxy groups -OCH3 is 1. The molecule has 4 nitrogen and oxygen atoms in total. The van der Waals surface area contributed by atoms with E-state index in [0.29, 0.717) is 12.0 Å². The number of carbonyl (C=O) groups is 2. The molecule has 0 N–H and O–H groups in total. The van der Waals surface area contributed by atoms with Crippen molar-refractivity contribution in [2.24, 2.45) is 10.9 Å². The van der Waals surface area contributed by atoms with Crippen LogP contribution in [-0.4, -0.2) is 24.4 Å². The molecule has 0 bridgehead atoms. The molecule has 2 atom stereocenters. The summed E-state index contributed by atoms with van der Waals surface area (Å²) in [5.41, 5.74) is 5.02. The van der Waals surface area contributed by atoms with Gasteiger partial charge in [-0.05, 0) is 30.5 Å². The monoisotopic (exact) mass is 357 g/mol. The van der Waals surface area contributed by atoms with Gasteiger partial charge in [0, 0.05) is 34.7 Å². The summed E-state index contributed by atoms with van der Waals surface area (Å²) in [6, 6.07) is 15.4. The average Bonchev–Trinajstić information content (AvgIpc) is 2.99. The molecule has 0 spiro atoms. The fourth-order valence-corrected chi connectivity index (χ4v) is 4.62. The van der Waals surface area contributed by atoms with Crippen LogP contribution in [0.2, 0.25) is 0 Å². The number of carbonyl (C=O) groups excluding carboxylic acids is 2. The maximum absolute atomic E-state index is 13.3. The van der Waals surface area contributed by atoms with E-state index in [0.717, 1.165) is 46.7 Å². The lowest BCUT2D eigenvalue weighted by molar-refractivity contribution is -0.116. The number of fused-ring (bicyclic) bond motifs is 3. The van der Waals surface area contributed by atoms with E-state index < -0.39 is 5.92 Å². The molecule has 1 aliphatic heterocycles. The van der Waals surface area contributed by atoms with Gasteiger partial charge in [0.2, 0.25) is 0 Å². The van der Waals surface area contributed by atoms with Crippen molar-refractivity contribution in [2.75, 3.05) is 7.11 Å². The summed E-state index contributed by atoms with van der Waals surface area (Å²) >= 11 is 0. The first kappa shape index (κ1) is 16.2. The molecule has 0 saturated carbocycles. The Labute approximate surface area is 157 Å². The van der Waals surface area contributed by atoms with Crippen LogP contribution in [0.25, 0.3) is 0 Å². The molecule has 3 aliphatic rings. The zero-order valence-corrected chi connectivity index (χ0v) is 15.1. The summed E-state index contributed by atoms with van der Waals surface area (Å²) in [4.78, 5) is 31.0. The molecule has 5 rings (SSSR count). The van der Waals surface area contributed by atoms with E-state index >= 15 is 0 Å². The second-order valence-corrected chi connectivity index (χ2v) is 7.27. The minimum absolute atomic E-state index is 0.0649. The van der Waals surface area contributed by atoms with Crippen LogP contribution in [0.5, 0.6) is 5.75 Å². The van der Waals surface area contributed by atoms with Gasteiger partial charge in [-0.15, -0.1) is 0 Å². The zero-order chi connectivity index (χ0) is 18.5. The zero-order valence-electron chi connectivity index (χ0n) is 15.1. The molecule has 0 unspecified atom stereocenters. The van der Waals surface area contributed by atoms with Crippen LogP contribution in [0.4, 0.5) is 0 Å². The fourth-order valence-electron chi connectivity index (χ4n) is 4.62. The van der Waals surface area contributed by atoms with Crippen molar-refractivity contribution in [1.29, 1.82) is 0 Å². The predicted molar refractivity (Wildman–Crippen MR) is 102 cm³/mol. The minimum atomic E-state index is -0.420. The Morgan fingerprint density at radius 3 is 2.41 bits per heavy atom. The van der Waals surface area contributed by atoms with Crippen LogP contribution in [0.15, 0.2) is 64.8 Å². The second-order valence-electron chi connectivity index (χ2n) is 7.27. The van der Waals surface area contributed by atoms with Crippen LogP contribution in [-0.2, 0) is 4.79 Å². The van der Waals surface area contributed by atoms with E-state index in [-0.39, 0.29) is 17.5 Å². The number of ether oxygens (including phenoxy) is 1. The van der Waals surface area contributed by atoms with E-state index in [1.165, 1.54) is 0 Å². The van der Waals surface area contributed by atoms with Crippen molar-refractivity contribution in [3.8, 4) is 5.75 Å². The van der Waals surface area contributed by atoms with Gasteiger partial charge >= 0.3 is 0 Å². The van der Waals surface area contributed by atoms with E-state index in [2.05, 4.69) is 0 Å². The van der Waals surface area contributed by atoms with Gasteiger partial charge in [0.05, 0.1) is 18.7 Å². The Balaban J connectivity index is 1.73. The standard InChI is InChI=1S/C23H19NO3/c1-27-14-11-9-13(10-12-14)19-20-17(7-4-8-18(20)25)24-22-15-5-2-3-6-16(15)23(26)21(19)22/h2-3,5-6,9-12,19,21H,4,7-8H2,1H3/t19-,21+/m0/s1. The SMILES string of the molecule is COc1ccc([C@H]2C3=C(CCCC3=O)N=C3c4ccccc4C(=O)[C@@H]32)cc1. The van der Waals surface area contributed by atoms with Gasteiger partial charge in [-0.2, -0.15) is 0 Å². The van der Waals surface area contributed by atoms with Gasteiger partial charge in [-0.1, -0.05) is 36.4 Å². The maximum atomic E-state index is 13.3. The smallest absolute Gasteiger partial charge is 0.173 e. The first-order valence-corrected chi connectivity index (χ1v) is 9.31. The molecule has 2 aliphatic carbocycles. The number of allylic oxidation sites excluding steroid dienone is 2. The topological polar surface area (TPSA) is 55.7 Å². The lowest BCUT2D eigenvalue weighted by Crippen LogP contribution is -2.33. The van der Waals surface area contributed by atoms with E-state index in [1.54, 1.807) is 7.11 Å². The van der Waals surface area contributed by atoms with E-state index in [9.17, 15) is 9.59 Å². The molecule has 0 radical (unpaired) electrons. The van der Waals surface area contributed by atoms with Crippen molar-refractivity contribution in [3.05, 3.63) is 76.5 Å². The molecule has 0 fully saturated rings. The number of benzene rings is 2. The molecule has 4 heteroatoms. The van der Waals surface area contributed by atoms with Gasteiger partial charge in [-0.25, -0.2) is 0 Å². The summed E-state index contributed by atoms with van der Waals surface area (Å²) in [6.07, 6.45) is 2.15. The number of hydrogen-bond donors (Lipinski definition) is 0. The highest BCUT2D eigenvalue weighted by molar-refractivity contribution is 6.30. The van der Waals surface area contributed by atoms with Crippen LogP contribution >= 0.6 is 0 Å². The minimum Gasteiger partial charge on any atom is -0.497 e. The molecule has 2 aromatic carbocycles. The number of rotatable bonds is 2. The van der Waals surface area contributed by atoms with Crippen LogP contribution < -0.4 is 4.74 Å². The molecule has 0 saturated heterocycles. The summed E-state index contributed by atoms with van der Waals surface area (Å²) in [5, 5.41) is 0. The third-order valence-corrected chi connectivity index (χ3v) is 5.85. The first-order chi connectivity index (χ1) is 13.2. The molecular weight excluding hydrogens is 338 g/mol. The Bertz CT molecular complexity index is 1030.